The second-order valence-corrected chi connectivity index (χ2v) is 10.7. The van der Waals surface area contributed by atoms with Crippen molar-refractivity contribution in [1.29, 1.82) is 0 Å². The molecule has 1 heterocycles. The van der Waals surface area contributed by atoms with Crippen LogP contribution in [0, 0.1) is 17.8 Å². The summed E-state index contributed by atoms with van der Waals surface area (Å²) in [5.41, 5.74) is 3.85. The maximum absolute atomic E-state index is 13.1. The Balaban J connectivity index is 1.83. The molecule has 34 heavy (non-hydrogen) atoms. The minimum absolute atomic E-state index is 0.0155. The van der Waals surface area contributed by atoms with Gasteiger partial charge in [0.05, 0.1) is 7.11 Å². The monoisotopic (exact) mass is 465 g/mol. The summed E-state index contributed by atoms with van der Waals surface area (Å²) in [5.74, 6) is 2.37. The lowest BCUT2D eigenvalue weighted by atomic mass is 9.88. The lowest BCUT2D eigenvalue weighted by Gasteiger charge is -2.31. The zero-order valence-corrected chi connectivity index (χ0v) is 22.1. The Morgan fingerprint density at radius 3 is 2.35 bits per heavy atom. The van der Waals surface area contributed by atoms with E-state index in [2.05, 4.69) is 85.1 Å². The van der Waals surface area contributed by atoms with Crippen LogP contribution in [-0.4, -0.2) is 63.1 Å². The average molecular weight is 466 g/mol. The fraction of sp³-hybridized carbons (Fsp3) is 0.552. The molecular formula is C29H43N3O2. The molecule has 2 aromatic rings. The van der Waals surface area contributed by atoms with E-state index in [1.807, 2.05) is 19.9 Å². The number of likely N-dealkylation sites (tertiary alicyclic amines) is 1. The molecular weight excluding hydrogens is 422 g/mol. The fourth-order valence-corrected chi connectivity index (χ4v) is 5.03. The van der Waals surface area contributed by atoms with E-state index < -0.39 is 0 Å². The molecule has 0 aliphatic carbocycles. The van der Waals surface area contributed by atoms with E-state index in [9.17, 15) is 4.79 Å². The Hall–Kier alpha value is -2.53. The van der Waals surface area contributed by atoms with Crippen LogP contribution < -0.4 is 9.64 Å². The van der Waals surface area contributed by atoms with Gasteiger partial charge in [0.15, 0.2) is 0 Å². The van der Waals surface area contributed by atoms with Gasteiger partial charge in [0.25, 0.3) is 0 Å². The van der Waals surface area contributed by atoms with Crippen molar-refractivity contribution in [3.05, 3.63) is 59.7 Å². The first-order valence-corrected chi connectivity index (χ1v) is 12.6. The number of ether oxygens (including phenoxy) is 1. The molecule has 0 spiro atoms. The molecule has 0 bridgehead atoms. The lowest BCUT2D eigenvalue weighted by Crippen LogP contribution is -2.41. The third-order valence-corrected chi connectivity index (χ3v) is 6.74. The van der Waals surface area contributed by atoms with E-state index in [1.54, 1.807) is 7.11 Å². The predicted octanol–water partition coefficient (Wildman–Crippen LogP) is 5.12. The smallest absolute Gasteiger partial charge is 0.225 e. The minimum atomic E-state index is 0.0155. The summed E-state index contributed by atoms with van der Waals surface area (Å²) in [7, 11) is 5.86. The van der Waals surface area contributed by atoms with E-state index in [4.69, 9.17) is 4.74 Å². The van der Waals surface area contributed by atoms with Gasteiger partial charge < -0.3 is 14.5 Å². The molecule has 1 aliphatic heterocycles. The van der Waals surface area contributed by atoms with E-state index in [1.165, 1.54) is 16.8 Å². The predicted molar refractivity (Wildman–Crippen MR) is 142 cm³/mol. The summed E-state index contributed by atoms with van der Waals surface area (Å²) in [6, 6.07) is 17.3. The van der Waals surface area contributed by atoms with Gasteiger partial charge in [0.2, 0.25) is 5.91 Å². The number of hydrogen-bond acceptors (Lipinski definition) is 4. The van der Waals surface area contributed by atoms with Crippen LogP contribution >= 0.6 is 0 Å². The van der Waals surface area contributed by atoms with Crippen LogP contribution in [0.4, 0.5) is 5.69 Å². The van der Waals surface area contributed by atoms with Gasteiger partial charge in [-0.25, -0.2) is 0 Å². The lowest BCUT2D eigenvalue weighted by molar-refractivity contribution is -0.135. The number of carbonyl (C=O) groups excluding carboxylic acids is 1. The van der Waals surface area contributed by atoms with E-state index in [0.29, 0.717) is 17.8 Å². The quantitative estimate of drug-likeness (QED) is 0.488. The summed E-state index contributed by atoms with van der Waals surface area (Å²) in [6.45, 7) is 12.9. The molecule has 5 nitrogen and oxygen atoms in total. The molecule has 2 atom stereocenters. The first kappa shape index (κ1) is 26.1. The number of anilines is 1. The summed E-state index contributed by atoms with van der Waals surface area (Å²) < 4.78 is 5.52. The highest BCUT2D eigenvalue weighted by Gasteiger charge is 2.36. The van der Waals surface area contributed by atoms with Crippen molar-refractivity contribution in [2.75, 3.05) is 52.3 Å². The third kappa shape index (κ3) is 6.75. The standard InChI is InChI=1S/C29H43N3O2/c1-21(2)16-32(29(33)22(3)4)19-25-18-31(17-23-11-13-26(14-12-23)30(5)6)20-28(25)24-9-8-10-27(15-24)34-7/h8-15,21-22,25,28H,16-20H2,1-7H3. The van der Waals surface area contributed by atoms with Crippen molar-refractivity contribution in [3.63, 3.8) is 0 Å². The van der Waals surface area contributed by atoms with Gasteiger partial charge in [0, 0.05) is 64.3 Å². The van der Waals surface area contributed by atoms with Crippen LogP contribution in [0.5, 0.6) is 5.75 Å². The van der Waals surface area contributed by atoms with Crippen molar-refractivity contribution in [1.82, 2.24) is 9.80 Å². The Kier molecular flexibility index (Phi) is 9.01. The molecule has 0 saturated carbocycles. The topological polar surface area (TPSA) is 36.0 Å². The number of nitrogens with zero attached hydrogens (tertiary/aromatic N) is 3. The highest BCUT2D eigenvalue weighted by molar-refractivity contribution is 5.78. The minimum Gasteiger partial charge on any atom is -0.497 e. The third-order valence-electron chi connectivity index (χ3n) is 6.74. The fourth-order valence-electron chi connectivity index (χ4n) is 5.03. The van der Waals surface area contributed by atoms with Crippen LogP contribution in [0.1, 0.15) is 44.7 Å². The average Bonchev–Trinajstić information content (AvgIpc) is 3.20. The van der Waals surface area contributed by atoms with Crippen molar-refractivity contribution in [2.24, 2.45) is 17.8 Å². The number of carbonyl (C=O) groups is 1. The molecule has 0 N–H and O–H groups in total. The molecule has 1 aliphatic rings. The molecule has 1 amide bonds. The Bertz CT molecular complexity index is 923. The van der Waals surface area contributed by atoms with Gasteiger partial charge in [-0.15, -0.1) is 0 Å². The second kappa shape index (κ2) is 11.7. The second-order valence-electron chi connectivity index (χ2n) is 10.7. The van der Waals surface area contributed by atoms with E-state index >= 15 is 0 Å². The zero-order valence-electron chi connectivity index (χ0n) is 22.1. The number of hydrogen-bond donors (Lipinski definition) is 0. The number of benzene rings is 2. The molecule has 0 aromatic heterocycles. The summed E-state index contributed by atoms with van der Waals surface area (Å²) in [6.07, 6.45) is 0. The molecule has 5 heteroatoms. The Labute approximate surface area is 206 Å². The highest BCUT2D eigenvalue weighted by atomic mass is 16.5. The van der Waals surface area contributed by atoms with Crippen LogP contribution in [0.15, 0.2) is 48.5 Å². The molecule has 2 aromatic carbocycles. The van der Waals surface area contributed by atoms with Crippen LogP contribution in [0.3, 0.4) is 0 Å². The molecule has 186 valence electrons. The van der Waals surface area contributed by atoms with Crippen molar-refractivity contribution >= 4 is 11.6 Å². The Morgan fingerprint density at radius 2 is 1.76 bits per heavy atom. The van der Waals surface area contributed by atoms with Gasteiger partial charge in [-0.1, -0.05) is 52.0 Å². The first-order chi connectivity index (χ1) is 16.2. The van der Waals surface area contributed by atoms with Crippen LogP contribution in [-0.2, 0) is 11.3 Å². The Morgan fingerprint density at radius 1 is 1.06 bits per heavy atom. The van der Waals surface area contributed by atoms with Crippen molar-refractivity contribution in [2.45, 2.75) is 40.2 Å². The normalized spacial score (nSPS) is 18.5. The first-order valence-electron chi connectivity index (χ1n) is 12.6. The molecule has 1 fully saturated rings. The number of amides is 1. The van der Waals surface area contributed by atoms with Gasteiger partial charge in [-0.05, 0) is 47.2 Å². The molecule has 0 radical (unpaired) electrons. The molecule has 1 saturated heterocycles. The summed E-state index contributed by atoms with van der Waals surface area (Å²) >= 11 is 0. The maximum Gasteiger partial charge on any atom is 0.225 e. The zero-order chi connectivity index (χ0) is 24.8. The molecule has 2 unspecified atom stereocenters. The highest BCUT2D eigenvalue weighted by Crippen LogP contribution is 2.36. The molecule has 3 rings (SSSR count). The SMILES string of the molecule is COc1cccc(C2CN(Cc3ccc(N(C)C)cc3)CC2CN(CC(C)C)C(=O)C(C)C)c1. The van der Waals surface area contributed by atoms with E-state index in [0.717, 1.165) is 38.5 Å². The summed E-state index contributed by atoms with van der Waals surface area (Å²) in [4.78, 5) is 19.8. The number of methoxy groups -OCH3 is 1. The van der Waals surface area contributed by atoms with E-state index in [-0.39, 0.29) is 11.8 Å². The van der Waals surface area contributed by atoms with Gasteiger partial charge in [-0.2, -0.15) is 0 Å². The van der Waals surface area contributed by atoms with Gasteiger partial charge in [-0.3, -0.25) is 9.69 Å². The van der Waals surface area contributed by atoms with Crippen molar-refractivity contribution < 1.29 is 9.53 Å². The van der Waals surface area contributed by atoms with Crippen LogP contribution in [0.25, 0.3) is 0 Å². The van der Waals surface area contributed by atoms with Crippen LogP contribution in [0.2, 0.25) is 0 Å². The largest absolute Gasteiger partial charge is 0.497 e. The maximum atomic E-state index is 13.1. The summed E-state index contributed by atoms with van der Waals surface area (Å²) in [5, 5.41) is 0. The number of rotatable bonds is 10. The van der Waals surface area contributed by atoms with Gasteiger partial charge in [0.1, 0.15) is 5.75 Å². The van der Waals surface area contributed by atoms with Gasteiger partial charge >= 0.3 is 0 Å². The van der Waals surface area contributed by atoms with Crippen molar-refractivity contribution in [3.8, 4) is 5.75 Å².